The van der Waals surface area contributed by atoms with Gasteiger partial charge in [0.2, 0.25) is 0 Å². The van der Waals surface area contributed by atoms with Crippen LogP contribution in [0.3, 0.4) is 0 Å². The van der Waals surface area contributed by atoms with E-state index < -0.39 is 0 Å². The fourth-order valence-corrected chi connectivity index (χ4v) is 2.78. The number of nitrogens with one attached hydrogen (secondary N) is 1. The second-order valence-corrected chi connectivity index (χ2v) is 5.65. The first-order valence-electron chi connectivity index (χ1n) is 6.72. The van der Waals surface area contributed by atoms with E-state index in [9.17, 15) is 0 Å². The highest BCUT2D eigenvalue weighted by molar-refractivity contribution is 6.35. The molecular weight excluding hydrogens is 291 g/mol. The Balaban J connectivity index is 2.17. The molecule has 0 fully saturated rings. The third-order valence-electron chi connectivity index (χ3n) is 3.38. The maximum absolute atomic E-state index is 6.30. The van der Waals surface area contributed by atoms with Gasteiger partial charge in [0.1, 0.15) is 0 Å². The van der Waals surface area contributed by atoms with Crippen LogP contribution in [0, 0.1) is 0 Å². The van der Waals surface area contributed by atoms with Gasteiger partial charge in [0.05, 0.1) is 0 Å². The lowest BCUT2D eigenvalue weighted by atomic mass is 10.0. The molecule has 0 radical (unpaired) electrons. The molecule has 1 heterocycles. The standard InChI is InChI=1S/C16H18Cl2N2/c1-3-16(14-7-6-13(17)9-15(14)18)20-11(2)12-5-4-8-19-10-12/h4-11,16,20H,3H2,1-2H3/t11-,16?/m1/s1. The van der Waals surface area contributed by atoms with Gasteiger partial charge in [0, 0.05) is 34.5 Å². The third-order valence-corrected chi connectivity index (χ3v) is 3.94. The normalized spacial score (nSPS) is 14.0. The van der Waals surface area contributed by atoms with Crippen LogP contribution in [-0.4, -0.2) is 4.98 Å². The predicted molar refractivity (Wildman–Crippen MR) is 85.3 cm³/mol. The zero-order valence-corrected chi connectivity index (χ0v) is 13.1. The first-order valence-corrected chi connectivity index (χ1v) is 7.48. The van der Waals surface area contributed by atoms with Crippen molar-refractivity contribution in [1.29, 1.82) is 0 Å². The second-order valence-electron chi connectivity index (χ2n) is 4.80. The lowest BCUT2D eigenvalue weighted by Gasteiger charge is -2.23. The van der Waals surface area contributed by atoms with Gasteiger partial charge in [-0.25, -0.2) is 0 Å². The molecule has 0 saturated heterocycles. The number of benzene rings is 1. The van der Waals surface area contributed by atoms with Gasteiger partial charge >= 0.3 is 0 Å². The van der Waals surface area contributed by atoms with Crippen LogP contribution in [0.4, 0.5) is 0 Å². The first-order chi connectivity index (χ1) is 9.61. The van der Waals surface area contributed by atoms with Crippen LogP contribution in [0.2, 0.25) is 10.0 Å². The molecule has 2 atom stereocenters. The summed E-state index contributed by atoms with van der Waals surface area (Å²) < 4.78 is 0. The van der Waals surface area contributed by atoms with E-state index in [1.165, 1.54) is 0 Å². The van der Waals surface area contributed by atoms with Gasteiger partial charge < -0.3 is 5.32 Å². The van der Waals surface area contributed by atoms with Crippen LogP contribution in [0.1, 0.15) is 43.5 Å². The van der Waals surface area contributed by atoms with Crippen LogP contribution in [-0.2, 0) is 0 Å². The Kier molecular flexibility index (Phi) is 5.41. The lowest BCUT2D eigenvalue weighted by molar-refractivity contribution is 0.456. The maximum Gasteiger partial charge on any atom is 0.0468 e. The van der Waals surface area contributed by atoms with E-state index in [1.807, 2.05) is 24.4 Å². The predicted octanol–water partition coefficient (Wildman–Crippen LogP) is 5.19. The molecule has 2 aromatic rings. The Morgan fingerprint density at radius 2 is 2.05 bits per heavy atom. The highest BCUT2D eigenvalue weighted by Crippen LogP contribution is 2.29. The van der Waals surface area contributed by atoms with Gasteiger partial charge in [0.25, 0.3) is 0 Å². The van der Waals surface area contributed by atoms with Gasteiger partial charge in [-0.15, -0.1) is 0 Å². The van der Waals surface area contributed by atoms with Crippen LogP contribution < -0.4 is 5.32 Å². The smallest absolute Gasteiger partial charge is 0.0468 e. The first kappa shape index (κ1) is 15.3. The Morgan fingerprint density at radius 1 is 1.25 bits per heavy atom. The zero-order chi connectivity index (χ0) is 14.5. The Bertz CT molecular complexity index is 558. The van der Waals surface area contributed by atoms with Crippen molar-refractivity contribution >= 4 is 23.2 Å². The van der Waals surface area contributed by atoms with Gasteiger partial charge in [-0.05, 0) is 42.7 Å². The molecule has 0 bridgehead atoms. The quantitative estimate of drug-likeness (QED) is 0.822. The fourth-order valence-electron chi connectivity index (χ4n) is 2.24. The van der Waals surface area contributed by atoms with Crippen LogP contribution in [0.25, 0.3) is 0 Å². The van der Waals surface area contributed by atoms with Crippen molar-refractivity contribution in [2.75, 3.05) is 0 Å². The van der Waals surface area contributed by atoms with E-state index in [-0.39, 0.29) is 12.1 Å². The highest BCUT2D eigenvalue weighted by Gasteiger charge is 2.16. The molecule has 0 aliphatic heterocycles. The number of hydrogen-bond acceptors (Lipinski definition) is 2. The molecule has 1 aromatic carbocycles. The number of nitrogens with zero attached hydrogens (tertiary/aromatic N) is 1. The van der Waals surface area contributed by atoms with E-state index in [4.69, 9.17) is 23.2 Å². The Labute approximate surface area is 130 Å². The van der Waals surface area contributed by atoms with Crippen LogP contribution in [0.15, 0.2) is 42.7 Å². The average Bonchev–Trinajstić information content (AvgIpc) is 2.46. The molecule has 0 saturated carbocycles. The molecule has 1 aromatic heterocycles. The Morgan fingerprint density at radius 3 is 2.65 bits per heavy atom. The van der Waals surface area contributed by atoms with Crippen molar-refractivity contribution in [2.24, 2.45) is 0 Å². The molecule has 2 nitrogen and oxygen atoms in total. The van der Waals surface area contributed by atoms with E-state index in [0.29, 0.717) is 10.0 Å². The largest absolute Gasteiger partial charge is 0.303 e. The minimum atomic E-state index is 0.190. The summed E-state index contributed by atoms with van der Waals surface area (Å²) in [6.45, 7) is 4.27. The molecule has 0 amide bonds. The van der Waals surface area contributed by atoms with Gasteiger partial charge in [0.15, 0.2) is 0 Å². The fraction of sp³-hybridized carbons (Fsp3) is 0.312. The summed E-state index contributed by atoms with van der Waals surface area (Å²) in [4.78, 5) is 4.16. The maximum atomic E-state index is 6.30. The van der Waals surface area contributed by atoms with Gasteiger partial charge in [-0.2, -0.15) is 0 Å². The summed E-state index contributed by atoms with van der Waals surface area (Å²) in [5.74, 6) is 0. The van der Waals surface area contributed by atoms with Crippen molar-refractivity contribution in [1.82, 2.24) is 10.3 Å². The number of hydrogen-bond donors (Lipinski definition) is 1. The molecule has 0 spiro atoms. The molecule has 2 rings (SSSR count). The Hall–Kier alpha value is -1.09. The topological polar surface area (TPSA) is 24.9 Å². The summed E-state index contributed by atoms with van der Waals surface area (Å²) in [7, 11) is 0. The van der Waals surface area contributed by atoms with Crippen LogP contribution in [0.5, 0.6) is 0 Å². The molecule has 1 unspecified atom stereocenters. The summed E-state index contributed by atoms with van der Waals surface area (Å²) >= 11 is 12.2. The second kappa shape index (κ2) is 7.07. The van der Waals surface area contributed by atoms with E-state index in [0.717, 1.165) is 17.5 Å². The van der Waals surface area contributed by atoms with Crippen molar-refractivity contribution in [3.63, 3.8) is 0 Å². The molecule has 0 aliphatic carbocycles. The van der Waals surface area contributed by atoms with Gasteiger partial charge in [-0.3, -0.25) is 4.98 Å². The number of rotatable bonds is 5. The van der Waals surface area contributed by atoms with E-state index in [2.05, 4.69) is 30.2 Å². The summed E-state index contributed by atoms with van der Waals surface area (Å²) in [5, 5.41) is 4.96. The monoisotopic (exact) mass is 308 g/mol. The number of pyridine rings is 1. The van der Waals surface area contributed by atoms with Gasteiger partial charge in [-0.1, -0.05) is 42.3 Å². The number of halogens is 2. The average molecular weight is 309 g/mol. The molecule has 20 heavy (non-hydrogen) atoms. The van der Waals surface area contributed by atoms with Crippen molar-refractivity contribution in [2.45, 2.75) is 32.4 Å². The summed E-state index contributed by atoms with van der Waals surface area (Å²) in [5.41, 5.74) is 2.24. The minimum Gasteiger partial charge on any atom is -0.303 e. The summed E-state index contributed by atoms with van der Waals surface area (Å²) in [6.07, 6.45) is 4.61. The highest BCUT2D eigenvalue weighted by atomic mass is 35.5. The van der Waals surface area contributed by atoms with E-state index in [1.54, 1.807) is 12.3 Å². The van der Waals surface area contributed by atoms with Crippen LogP contribution >= 0.6 is 23.2 Å². The SMILES string of the molecule is CCC(N[C@H](C)c1cccnc1)c1ccc(Cl)cc1Cl. The zero-order valence-electron chi connectivity index (χ0n) is 11.6. The van der Waals surface area contributed by atoms with Crippen molar-refractivity contribution < 1.29 is 0 Å². The number of aromatic nitrogens is 1. The van der Waals surface area contributed by atoms with Crippen molar-refractivity contribution in [3.05, 3.63) is 63.9 Å². The molecule has 1 N–H and O–H groups in total. The lowest BCUT2D eigenvalue weighted by Crippen LogP contribution is -2.24. The van der Waals surface area contributed by atoms with Crippen molar-refractivity contribution in [3.8, 4) is 0 Å². The van der Waals surface area contributed by atoms with E-state index >= 15 is 0 Å². The summed E-state index contributed by atoms with van der Waals surface area (Å²) in [6, 6.07) is 10.1. The molecule has 0 aliphatic rings. The molecule has 106 valence electrons. The third kappa shape index (κ3) is 3.72. The molecule has 4 heteroatoms. The minimum absolute atomic E-state index is 0.190. The molecular formula is C16H18Cl2N2.